The monoisotopic (exact) mass is 474 g/mol. The van der Waals surface area contributed by atoms with E-state index in [0.29, 0.717) is 13.2 Å². The molecule has 2 amide bonds. The number of hydrogen-bond donors (Lipinski definition) is 2. The van der Waals surface area contributed by atoms with Gasteiger partial charge in [0.2, 0.25) is 0 Å². The minimum atomic E-state index is -0.828. The summed E-state index contributed by atoms with van der Waals surface area (Å²) in [6.07, 6.45) is 2.14. The minimum absolute atomic E-state index is 0.0801. The third-order valence-corrected chi connectivity index (χ3v) is 6.45. The third kappa shape index (κ3) is 5.63. The molecular formula is C24H28ClFN4O3. The molecule has 1 atom stereocenters. The Morgan fingerprint density at radius 1 is 1.12 bits per heavy atom. The van der Waals surface area contributed by atoms with Crippen molar-refractivity contribution in [1.29, 1.82) is 0 Å². The van der Waals surface area contributed by atoms with Gasteiger partial charge in [0.05, 0.1) is 24.3 Å². The molecule has 0 saturated carbocycles. The van der Waals surface area contributed by atoms with Gasteiger partial charge in [0, 0.05) is 44.6 Å². The molecule has 2 aromatic carbocycles. The van der Waals surface area contributed by atoms with Crippen molar-refractivity contribution in [2.75, 3.05) is 56.7 Å². The summed E-state index contributed by atoms with van der Waals surface area (Å²) in [6, 6.07) is 10.1. The zero-order chi connectivity index (χ0) is 23.4. The summed E-state index contributed by atoms with van der Waals surface area (Å²) >= 11 is 5.75. The normalized spacial score (nSPS) is 17.2. The summed E-state index contributed by atoms with van der Waals surface area (Å²) < 4.78 is 18.8. The van der Waals surface area contributed by atoms with Gasteiger partial charge in [-0.05, 0) is 48.2 Å². The van der Waals surface area contributed by atoms with Crippen molar-refractivity contribution < 1.29 is 18.7 Å². The average molecular weight is 475 g/mol. The van der Waals surface area contributed by atoms with E-state index < -0.39 is 17.6 Å². The summed E-state index contributed by atoms with van der Waals surface area (Å²) in [4.78, 5) is 29.4. The van der Waals surface area contributed by atoms with Crippen molar-refractivity contribution in [2.45, 2.75) is 18.9 Å². The summed E-state index contributed by atoms with van der Waals surface area (Å²) in [6.45, 7) is 4.08. The minimum Gasteiger partial charge on any atom is -0.379 e. The molecule has 4 rings (SSSR count). The number of carbonyl (C=O) groups is 2. The van der Waals surface area contributed by atoms with Crippen LogP contribution >= 0.6 is 11.6 Å². The molecule has 0 spiro atoms. The third-order valence-electron chi connectivity index (χ3n) is 6.17. The molecule has 2 heterocycles. The Morgan fingerprint density at radius 2 is 1.91 bits per heavy atom. The lowest BCUT2D eigenvalue weighted by Crippen LogP contribution is -2.45. The molecule has 176 valence electrons. The zero-order valence-electron chi connectivity index (χ0n) is 18.6. The number of carbonyl (C=O) groups excluding carboxylic acids is 2. The summed E-state index contributed by atoms with van der Waals surface area (Å²) in [5.74, 6) is -2.18. The summed E-state index contributed by atoms with van der Waals surface area (Å²) in [5.41, 5.74) is 3.91. The SMILES string of the molecule is CN1CCCc2cc(C(CNC(=O)C(=O)Nc3ccc(F)c(Cl)c3)N3CCOCC3)ccc21. The van der Waals surface area contributed by atoms with Crippen LogP contribution in [-0.4, -0.2) is 63.2 Å². The maximum Gasteiger partial charge on any atom is 0.313 e. The second-order valence-electron chi connectivity index (χ2n) is 8.37. The Morgan fingerprint density at radius 3 is 2.67 bits per heavy atom. The molecule has 9 heteroatoms. The Kier molecular flexibility index (Phi) is 7.47. The number of hydrogen-bond acceptors (Lipinski definition) is 5. The van der Waals surface area contributed by atoms with E-state index in [2.05, 4.69) is 45.7 Å². The molecule has 0 aliphatic carbocycles. The van der Waals surface area contributed by atoms with E-state index in [1.165, 1.54) is 23.4 Å². The van der Waals surface area contributed by atoms with Crippen LogP contribution in [0.25, 0.3) is 0 Å². The van der Waals surface area contributed by atoms with Crippen LogP contribution in [0.5, 0.6) is 0 Å². The largest absolute Gasteiger partial charge is 0.379 e. The van der Waals surface area contributed by atoms with Gasteiger partial charge in [-0.1, -0.05) is 23.7 Å². The Hall–Kier alpha value is -2.68. The fourth-order valence-electron chi connectivity index (χ4n) is 4.39. The predicted molar refractivity (Wildman–Crippen MR) is 126 cm³/mol. The number of halogens is 2. The molecule has 2 aliphatic rings. The van der Waals surface area contributed by atoms with E-state index in [0.717, 1.165) is 44.1 Å². The van der Waals surface area contributed by atoms with Crippen LogP contribution < -0.4 is 15.5 Å². The molecule has 33 heavy (non-hydrogen) atoms. The van der Waals surface area contributed by atoms with Crippen LogP contribution in [0.3, 0.4) is 0 Å². The van der Waals surface area contributed by atoms with Gasteiger partial charge in [-0.3, -0.25) is 14.5 Å². The molecule has 2 aliphatic heterocycles. The van der Waals surface area contributed by atoms with E-state index >= 15 is 0 Å². The highest BCUT2D eigenvalue weighted by Gasteiger charge is 2.26. The van der Waals surface area contributed by atoms with Gasteiger partial charge in [-0.2, -0.15) is 0 Å². The number of rotatable bonds is 5. The van der Waals surface area contributed by atoms with Crippen LogP contribution in [0.15, 0.2) is 36.4 Å². The maximum absolute atomic E-state index is 13.3. The molecular weight excluding hydrogens is 447 g/mol. The van der Waals surface area contributed by atoms with Gasteiger partial charge >= 0.3 is 11.8 Å². The van der Waals surface area contributed by atoms with Crippen LogP contribution in [0, 0.1) is 5.82 Å². The van der Waals surface area contributed by atoms with Gasteiger partial charge in [-0.15, -0.1) is 0 Å². The van der Waals surface area contributed by atoms with Gasteiger partial charge in [0.1, 0.15) is 5.82 Å². The lowest BCUT2D eigenvalue weighted by atomic mass is 9.95. The zero-order valence-corrected chi connectivity index (χ0v) is 19.3. The predicted octanol–water partition coefficient (Wildman–Crippen LogP) is 2.99. The number of benzene rings is 2. The fraction of sp³-hybridized carbons (Fsp3) is 0.417. The molecule has 1 unspecified atom stereocenters. The van der Waals surface area contributed by atoms with E-state index in [1.807, 2.05) is 0 Å². The number of nitrogens with one attached hydrogen (secondary N) is 2. The Labute approximate surface area is 197 Å². The average Bonchev–Trinajstić information content (AvgIpc) is 2.82. The van der Waals surface area contributed by atoms with Crippen molar-refractivity contribution in [3.8, 4) is 0 Å². The van der Waals surface area contributed by atoms with Crippen molar-refractivity contribution in [3.05, 3.63) is 58.4 Å². The van der Waals surface area contributed by atoms with E-state index in [1.54, 1.807) is 0 Å². The first-order chi connectivity index (χ1) is 15.9. The Balaban J connectivity index is 1.46. The molecule has 0 bridgehead atoms. The molecule has 1 fully saturated rings. The highest BCUT2D eigenvalue weighted by atomic mass is 35.5. The number of ether oxygens (including phenoxy) is 1. The van der Waals surface area contributed by atoms with Crippen molar-refractivity contribution in [2.24, 2.45) is 0 Å². The van der Waals surface area contributed by atoms with Gasteiger partial charge in [0.25, 0.3) is 0 Å². The van der Waals surface area contributed by atoms with Crippen LogP contribution in [0.1, 0.15) is 23.6 Å². The van der Waals surface area contributed by atoms with Gasteiger partial charge in [0.15, 0.2) is 0 Å². The lowest BCUT2D eigenvalue weighted by molar-refractivity contribution is -0.136. The molecule has 0 aromatic heterocycles. The van der Waals surface area contributed by atoms with Crippen molar-refractivity contribution >= 4 is 34.8 Å². The molecule has 7 nitrogen and oxygen atoms in total. The Bertz CT molecular complexity index is 1030. The van der Waals surface area contributed by atoms with Crippen molar-refractivity contribution in [1.82, 2.24) is 10.2 Å². The molecule has 1 saturated heterocycles. The van der Waals surface area contributed by atoms with E-state index in [4.69, 9.17) is 16.3 Å². The maximum atomic E-state index is 13.3. The number of nitrogens with zero attached hydrogens (tertiary/aromatic N) is 2. The summed E-state index contributed by atoms with van der Waals surface area (Å²) in [5, 5.41) is 5.09. The second kappa shape index (κ2) is 10.5. The first-order valence-corrected chi connectivity index (χ1v) is 11.5. The van der Waals surface area contributed by atoms with Crippen LogP contribution in [0.4, 0.5) is 15.8 Å². The molecule has 2 aromatic rings. The smallest absolute Gasteiger partial charge is 0.313 e. The number of morpholine rings is 1. The first-order valence-electron chi connectivity index (χ1n) is 11.1. The number of aryl methyl sites for hydroxylation is 1. The topological polar surface area (TPSA) is 73.9 Å². The highest BCUT2D eigenvalue weighted by Crippen LogP contribution is 2.31. The van der Waals surface area contributed by atoms with Crippen LogP contribution in [-0.2, 0) is 20.7 Å². The molecule has 2 N–H and O–H groups in total. The van der Waals surface area contributed by atoms with Crippen molar-refractivity contribution in [3.63, 3.8) is 0 Å². The second-order valence-corrected chi connectivity index (χ2v) is 8.78. The van der Waals surface area contributed by atoms with E-state index in [9.17, 15) is 14.0 Å². The lowest BCUT2D eigenvalue weighted by Gasteiger charge is -2.36. The molecule has 0 radical (unpaired) electrons. The van der Waals surface area contributed by atoms with Gasteiger partial charge < -0.3 is 20.3 Å². The fourth-order valence-corrected chi connectivity index (χ4v) is 4.57. The number of fused-ring (bicyclic) bond motifs is 1. The quantitative estimate of drug-likeness (QED) is 0.652. The number of anilines is 2. The highest BCUT2D eigenvalue weighted by molar-refractivity contribution is 6.39. The first kappa shape index (κ1) is 23.5. The summed E-state index contributed by atoms with van der Waals surface area (Å²) in [7, 11) is 2.10. The van der Waals surface area contributed by atoms with Crippen LogP contribution in [0.2, 0.25) is 5.02 Å². The van der Waals surface area contributed by atoms with Gasteiger partial charge in [-0.25, -0.2) is 4.39 Å². The van der Waals surface area contributed by atoms with E-state index in [-0.39, 0.29) is 23.3 Å². The number of amides is 2. The standard InChI is InChI=1S/C24H28ClFN4O3/c1-29-8-2-3-16-13-17(4-7-21(16)29)22(30-9-11-33-12-10-30)15-27-23(31)24(32)28-18-5-6-20(26)19(25)14-18/h4-7,13-14,22H,2-3,8-12,15H2,1H3,(H,27,31)(H,28,32).